The third-order valence-electron chi connectivity index (χ3n) is 5.48. The van der Waals surface area contributed by atoms with E-state index in [-0.39, 0.29) is 28.8 Å². The van der Waals surface area contributed by atoms with Crippen LogP contribution in [-0.4, -0.2) is 98.4 Å². The molecule has 2 aromatic heterocycles. The second kappa shape index (κ2) is 9.47. The van der Waals surface area contributed by atoms with E-state index in [4.69, 9.17) is 9.47 Å². The van der Waals surface area contributed by atoms with Gasteiger partial charge in [0.2, 0.25) is 0 Å². The van der Waals surface area contributed by atoms with Crippen molar-refractivity contribution in [3.8, 4) is 0 Å². The Morgan fingerprint density at radius 2 is 1.22 bits per heavy atom. The monoisotopic (exact) mass is 450 g/mol. The van der Waals surface area contributed by atoms with Gasteiger partial charge in [-0.05, 0) is 9.85 Å². The highest BCUT2D eigenvalue weighted by Crippen LogP contribution is 2.33. The van der Waals surface area contributed by atoms with E-state index in [9.17, 15) is 25.0 Å². The number of nitrogens with zero attached hydrogens (tertiary/aromatic N) is 6. The van der Waals surface area contributed by atoms with Gasteiger partial charge in [0.25, 0.3) is 0 Å². The fourth-order valence-corrected chi connectivity index (χ4v) is 3.97. The van der Waals surface area contributed by atoms with Crippen LogP contribution in [0.25, 0.3) is 0 Å². The van der Waals surface area contributed by atoms with Crippen LogP contribution >= 0.6 is 0 Å². The molecule has 0 spiro atoms. The number of aromatic amines is 2. The zero-order valence-corrected chi connectivity index (χ0v) is 17.0. The Bertz CT molecular complexity index is 903. The highest BCUT2D eigenvalue weighted by atomic mass is 16.6. The van der Waals surface area contributed by atoms with Crippen molar-refractivity contribution in [2.24, 2.45) is 0 Å². The Balaban J connectivity index is 1.73. The molecule has 172 valence electrons. The van der Waals surface area contributed by atoms with Crippen LogP contribution in [0.2, 0.25) is 0 Å². The number of aromatic nitrogens is 4. The first-order chi connectivity index (χ1) is 15.5. The minimum absolute atomic E-state index is 0.201. The van der Waals surface area contributed by atoms with Gasteiger partial charge in [-0.1, -0.05) is 10.2 Å². The Hall–Kier alpha value is -3.27. The van der Waals surface area contributed by atoms with E-state index < -0.39 is 21.9 Å². The van der Waals surface area contributed by atoms with E-state index in [1.165, 1.54) is 12.1 Å². The lowest BCUT2D eigenvalue weighted by atomic mass is 9.96. The minimum Gasteiger partial charge on any atom is -0.379 e. The molecule has 32 heavy (non-hydrogen) atoms. The average molecular weight is 450 g/mol. The fourth-order valence-electron chi connectivity index (χ4n) is 3.97. The molecule has 2 fully saturated rings. The molecule has 2 aliphatic rings. The number of morpholine rings is 2. The van der Waals surface area contributed by atoms with Crippen LogP contribution in [0, 0.1) is 20.2 Å². The van der Waals surface area contributed by atoms with Gasteiger partial charge in [-0.3, -0.25) is 14.6 Å². The third-order valence-corrected chi connectivity index (χ3v) is 5.48. The van der Waals surface area contributed by atoms with Gasteiger partial charge < -0.3 is 29.7 Å². The zero-order chi connectivity index (χ0) is 22.7. The van der Waals surface area contributed by atoms with Crippen LogP contribution in [0.3, 0.4) is 0 Å². The second-order valence-electron chi connectivity index (χ2n) is 7.37. The number of hydrogen-bond donors (Lipinski definition) is 2. The van der Waals surface area contributed by atoms with Crippen LogP contribution in [0.15, 0.2) is 12.1 Å². The van der Waals surface area contributed by atoms with Crippen LogP contribution < -0.4 is 0 Å². The molecule has 0 aromatic carbocycles. The van der Waals surface area contributed by atoms with E-state index in [2.05, 4.69) is 20.4 Å². The smallest absolute Gasteiger partial charge is 0.342 e. The van der Waals surface area contributed by atoms with Gasteiger partial charge in [0.05, 0.1) is 38.6 Å². The number of Topliss-reactive ketones (excluding diaryl/α,β-unsaturated/α-hetero) is 1. The molecule has 0 amide bonds. The molecular formula is C17H22N8O7. The molecule has 2 unspecified atom stereocenters. The molecule has 0 saturated carbocycles. The van der Waals surface area contributed by atoms with E-state index in [0.717, 1.165) is 0 Å². The molecule has 2 aromatic rings. The van der Waals surface area contributed by atoms with Gasteiger partial charge in [-0.2, -0.15) is 0 Å². The average Bonchev–Trinajstić information content (AvgIpc) is 3.46. The standard InChI is InChI=1S/C17H22N8O7/c26-17(15(22-1-5-31-6-2-22)11-9-13(20-18-11)24(27)28)16(23-3-7-32-8-4-23)12-10-14(21-19-12)25(29)30/h9-10,15-16H,1-8H2,(H,18,20)(H,19,21). The van der Waals surface area contributed by atoms with Gasteiger partial charge in [0.1, 0.15) is 23.5 Å². The second-order valence-corrected chi connectivity index (χ2v) is 7.37. The lowest BCUT2D eigenvalue weighted by Crippen LogP contribution is -2.48. The first kappa shape index (κ1) is 21.9. The van der Waals surface area contributed by atoms with Gasteiger partial charge in [0, 0.05) is 26.2 Å². The molecule has 15 nitrogen and oxygen atoms in total. The van der Waals surface area contributed by atoms with E-state index in [1.54, 1.807) is 0 Å². The highest BCUT2D eigenvalue weighted by Gasteiger charge is 2.41. The number of hydrogen-bond acceptors (Lipinski definition) is 11. The maximum Gasteiger partial charge on any atom is 0.342 e. The Morgan fingerprint density at radius 3 is 1.53 bits per heavy atom. The van der Waals surface area contributed by atoms with Crippen LogP contribution in [0.1, 0.15) is 23.5 Å². The summed E-state index contributed by atoms with van der Waals surface area (Å²) in [5.74, 6) is -0.995. The first-order valence-electron chi connectivity index (χ1n) is 10.0. The van der Waals surface area contributed by atoms with Gasteiger partial charge in [-0.15, -0.1) is 10.2 Å². The van der Waals surface area contributed by atoms with E-state index >= 15 is 0 Å². The fraction of sp³-hybridized carbons (Fsp3) is 0.588. The number of carbonyl (C=O) groups is 1. The summed E-state index contributed by atoms with van der Waals surface area (Å²) >= 11 is 0. The van der Waals surface area contributed by atoms with Crippen LogP contribution in [0.5, 0.6) is 0 Å². The van der Waals surface area contributed by atoms with Crippen molar-refractivity contribution in [1.29, 1.82) is 0 Å². The third kappa shape index (κ3) is 4.50. The van der Waals surface area contributed by atoms with E-state index in [1.807, 2.05) is 9.80 Å². The van der Waals surface area contributed by atoms with Crippen molar-refractivity contribution in [2.45, 2.75) is 12.1 Å². The Morgan fingerprint density at radius 1 is 0.844 bits per heavy atom. The maximum atomic E-state index is 14.0. The number of H-pyrrole nitrogens is 2. The largest absolute Gasteiger partial charge is 0.379 e. The molecular weight excluding hydrogens is 428 g/mol. The van der Waals surface area contributed by atoms with Crippen LogP contribution in [0.4, 0.5) is 11.6 Å². The summed E-state index contributed by atoms with van der Waals surface area (Å²) in [6, 6.07) is 0.628. The summed E-state index contributed by atoms with van der Waals surface area (Å²) in [7, 11) is 0. The lowest BCUT2D eigenvalue weighted by Gasteiger charge is -2.37. The zero-order valence-electron chi connectivity index (χ0n) is 17.0. The summed E-state index contributed by atoms with van der Waals surface area (Å²) in [6.07, 6.45) is 0. The topological polar surface area (TPSA) is 186 Å². The van der Waals surface area contributed by atoms with Crippen molar-refractivity contribution >= 4 is 17.4 Å². The number of carbonyl (C=O) groups excluding carboxylic acids is 1. The van der Waals surface area contributed by atoms with Gasteiger partial charge in [-0.25, -0.2) is 0 Å². The predicted octanol–water partition coefficient (Wildman–Crippen LogP) is -0.0349. The molecule has 2 N–H and O–H groups in total. The summed E-state index contributed by atoms with van der Waals surface area (Å²) in [6.45, 7) is 3.28. The van der Waals surface area contributed by atoms with Gasteiger partial charge in [0.15, 0.2) is 5.78 Å². The number of nitro groups is 2. The maximum absolute atomic E-state index is 14.0. The van der Waals surface area contributed by atoms with Crippen molar-refractivity contribution in [3.05, 3.63) is 43.7 Å². The molecule has 2 aliphatic heterocycles. The molecule has 4 rings (SSSR count). The summed E-state index contributed by atoms with van der Waals surface area (Å²) in [5, 5.41) is 35.1. The molecule has 0 bridgehead atoms. The molecule has 0 radical (unpaired) electrons. The number of ketones is 1. The van der Waals surface area contributed by atoms with Crippen molar-refractivity contribution in [1.82, 2.24) is 30.2 Å². The number of nitrogens with one attached hydrogen (secondary N) is 2. The summed E-state index contributed by atoms with van der Waals surface area (Å²) in [5.41, 5.74) is 0.402. The van der Waals surface area contributed by atoms with Crippen molar-refractivity contribution < 1.29 is 24.1 Å². The SMILES string of the molecule is O=C(C(c1cc([N+](=O)[O-])[nH]n1)N1CCOCC1)C(c1cc([N+](=O)[O-])[nH]n1)N1CCOCC1. The molecule has 2 atom stereocenters. The lowest BCUT2D eigenvalue weighted by molar-refractivity contribution is -0.389. The number of rotatable bonds is 8. The first-order valence-corrected chi connectivity index (χ1v) is 10.0. The Kier molecular flexibility index (Phi) is 6.50. The molecule has 4 heterocycles. The summed E-state index contributed by atoms with van der Waals surface area (Å²) < 4.78 is 10.8. The normalized spacial score (nSPS) is 20.0. The highest BCUT2D eigenvalue weighted by molar-refractivity contribution is 5.90. The van der Waals surface area contributed by atoms with Crippen LogP contribution in [-0.2, 0) is 14.3 Å². The molecule has 0 aliphatic carbocycles. The quantitative estimate of drug-likeness (QED) is 0.406. The van der Waals surface area contributed by atoms with E-state index in [0.29, 0.717) is 52.6 Å². The van der Waals surface area contributed by atoms with Crippen molar-refractivity contribution in [3.63, 3.8) is 0 Å². The predicted molar refractivity (Wildman–Crippen MR) is 106 cm³/mol. The Labute approximate surface area is 180 Å². The van der Waals surface area contributed by atoms with Crippen molar-refractivity contribution in [2.75, 3.05) is 52.6 Å². The summed E-state index contributed by atoms with van der Waals surface area (Å²) in [4.78, 5) is 38.8. The minimum atomic E-state index is -0.924. The number of ether oxygens (including phenoxy) is 2. The molecule has 15 heteroatoms. The molecule has 2 saturated heterocycles. The van der Waals surface area contributed by atoms with Gasteiger partial charge >= 0.3 is 11.6 Å².